The number of aromatic nitrogens is 1. The van der Waals surface area contributed by atoms with Gasteiger partial charge in [-0.15, -0.1) is 0 Å². The molecule has 3 rings (SSSR count). The second-order valence-corrected chi connectivity index (χ2v) is 7.31. The van der Waals surface area contributed by atoms with E-state index in [-0.39, 0.29) is 0 Å². The molecule has 0 N–H and O–H groups in total. The van der Waals surface area contributed by atoms with Gasteiger partial charge in [-0.3, -0.25) is 9.69 Å². The summed E-state index contributed by atoms with van der Waals surface area (Å²) in [6, 6.07) is 4.88. The fourth-order valence-corrected chi connectivity index (χ4v) is 3.85. The molecule has 1 aromatic heterocycles. The molecule has 1 amide bonds. The lowest BCUT2D eigenvalue weighted by Crippen LogP contribution is -2.41. The molecule has 1 unspecified atom stereocenters. The van der Waals surface area contributed by atoms with Crippen LogP contribution < -0.4 is 4.90 Å². The van der Waals surface area contributed by atoms with Gasteiger partial charge in [0.25, 0.3) is 0 Å². The Hall–Kier alpha value is -1.62. The maximum Gasteiger partial charge on any atom is 0.222 e. The number of nitrogens with zero attached hydrogens (tertiary/aromatic N) is 4. The van der Waals surface area contributed by atoms with Crippen molar-refractivity contribution in [3.8, 4) is 0 Å². The van der Waals surface area contributed by atoms with Gasteiger partial charge in [-0.1, -0.05) is 12.5 Å². The Bertz CT molecular complexity index is 543. The van der Waals surface area contributed by atoms with Gasteiger partial charge in [0.15, 0.2) is 0 Å². The first kappa shape index (κ1) is 17.2. The topological polar surface area (TPSA) is 39.7 Å². The molecule has 132 valence electrons. The van der Waals surface area contributed by atoms with Crippen molar-refractivity contribution in [2.75, 3.05) is 38.6 Å². The molecule has 0 radical (unpaired) electrons. The lowest BCUT2D eigenvalue weighted by Gasteiger charge is -2.36. The molecule has 2 fully saturated rings. The van der Waals surface area contributed by atoms with Gasteiger partial charge >= 0.3 is 0 Å². The van der Waals surface area contributed by atoms with Gasteiger partial charge < -0.3 is 9.80 Å². The van der Waals surface area contributed by atoms with Crippen LogP contribution in [0, 0.1) is 0 Å². The molecule has 5 nitrogen and oxygen atoms in total. The summed E-state index contributed by atoms with van der Waals surface area (Å²) in [6.45, 7) is 4.02. The first-order chi connectivity index (χ1) is 11.6. The van der Waals surface area contributed by atoms with Gasteiger partial charge in [-0.2, -0.15) is 0 Å². The highest BCUT2D eigenvalue weighted by Crippen LogP contribution is 2.23. The van der Waals surface area contributed by atoms with Gasteiger partial charge in [-0.25, -0.2) is 4.98 Å². The highest BCUT2D eigenvalue weighted by molar-refractivity contribution is 5.78. The van der Waals surface area contributed by atoms with Crippen molar-refractivity contribution in [1.82, 2.24) is 14.8 Å². The zero-order valence-electron chi connectivity index (χ0n) is 15.1. The second kappa shape index (κ2) is 7.97. The van der Waals surface area contributed by atoms with Crippen molar-refractivity contribution in [3.05, 3.63) is 23.9 Å². The van der Waals surface area contributed by atoms with Crippen LogP contribution in [-0.2, 0) is 11.3 Å². The number of amides is 1. The summed E-state index contributed by atoms with van der Waals surface area (Å²) in [5.74, 6) is 1.35. The molecule has 0 saturated carbocycles. The third kappa shape index (κ3) is 4.26. The molecule has 2 aliphatic heterocycles. The lowest BCUT2D eigenvalue weighted by molar-refractivity contribution is -0.127. The fourth-order valence-electron chi connectivity index (χ4n) is 3.85. The maximum atomic E-state index is 11.8. The largest absolute Gasteiger partial charge is 0.363 e. The Morgan fingerprint density at radius 2 is 2.08 bits per heavy atom. The van der Waals surface area contributed by atoms with Crippen molar-refractivity contribution in [2.24, 2.45) is 0 Å². The van der Waals surface area contributed by atoms with Crippen LogP contribution >= 0.6 is 0 Å². The lowest BCUT2D eigenvalue weighted by atomic mass is 9.98. The predicted molar refractivity (Wildman–Crippen MR) is 97.0 cm³/mol. The van der Waals surface area contributed by atoms with Gasteiger partial charge in [0.2, 0.25) is 5.91 Å². The Morgan fingerprint density at radius 1 is 1.21 bits per heavy atom. The highest BCUT2D eigenvalue weighted by atomic mass is 16.2. The summed E-state index contributed by atoms with van der Waals surface area (Å²) in [5, 5.41) is 0. The number of carbonyl (C=O) groups excluding carboxylic acids is 1. The Labute approximate surface area is 145 Å². The minimum absolute atomic E-state index is 0.348. The fraction of sp³-hybridized carbons (Fsp3) is 0.684. The number of rotatable bonds is 6. The standard InChI is InChI=1S/C19H30N4O/c1-21(2)18-9-8-16(14-20-18)15-23-11-4-3-6-17(23)10-13-22-12-5-7-19(22)24/h8-9,14,17H,3-7,10-13,15H2,1-2H3. The molecule has 24 heavy (non-hydrogen) atoms. The second-order valence-electron chi connectivity index (χ2n) is 7.31. The van der Waals surface area contributed by atoms with E-state index >= 15 is 0 Å². The minimum Gasteiger partial charge on any atom is -0.363 e. The molecule has 0 spiro atoms. The summed E-state index contributed by atoms with van der Waals surface area (Å²) in [4.78, 5) is 23.0. The molecule has 5 heteroatoms. The summed E-state index contributed by atoms with van der Waals surface area (Å²) < 4.78 is 0. The van der Waals surface area contributed by atoms with Crippen LogP contribution in [-0.4, -0.2) is 60.5 Å². The number of likely N-dealkylation sites (tertiary alicyclic amines) is 2. The molecule has 0 aromatic carbocycles. The van der Waals surface area contributed by atoms with Crippen LogP contribution in [0.2, 0.25) is 0 Å². The number of hydrogen-bond donors (Lipinski definition) is 0. The van der Waals surface area contributed by atoms with Crippen molar-refractivity contribution in [1.29, 1.82) is 0 Å². The molecule has 0 aliphatic carbocycles. The van der Waals surface area contributed by atoms with Crippen LogP contribution in [0.4, 0.5) is 5.82 Å². The number of hydrogen-bond acceptors (Lipinski definition) is 4. The van der Waals surface area contributed by atoms with Crippen molar-refractivity contribution < 1.29 is 4.79 Å². The number of pyridine rings is 1. The Morgan fingerprint density at radius 3 is 2.75 bits per heavy atom. The van der Waals surface area contributed by atoms with E-state index < -0.39 is 0 Å². The van der Waals surface area contributed by atoms with Gasteiger partial charge in [0, 0.05) is 52.4 Å². The van der Waals surface area contributed by atoms with E-state index in [1.54, 1.807) is 0 Å². The first-order valence-corrected chi connectivity index (χ1v) is 9.27. The number of piperidine rings is 1. The summed E-state index contributed by atoms with van der Waals surface area (Å²) in [6.07, 6.45) is 8.75. The SMILES string of the molecule is CN(C)c1ccc(CN2CCCCC2CCN2CCCC2=O)cn1. The van der Waals surface area contributed by atoms with Crippen LogP contribution in [0.15, 0.2) is 18.3 Å². The van der Waals surface area contributed by atoms with E-state index in [9.17, 15) is 4.79 Å². The zero-order valence-corrected chi connectivity index (χ0v) is 15.1. The molecular formula is C19H30N4O. The van der Waals surface area contributed by atoms with Crippen LogP contribution in [0.1, 0.15) is 44.1 Å². The third-order valence-corrected chi connectivity index (χ3v) is 5.31. The Balaban J connectivity index is 1.56. The van der Waals surface area contributed by atoms with Crippen molar-refractivity contribution in [3.63, 3.8) is 0 Å². The van der Waals surface area contributed by atoms with Gasteiger partial charge in [0.05, 0.1) is 0 Å². The molecule has 1 atom stereocenters. The van der Waals surface area contributed by atoms with E-state index in [0.717, 1.165) is 51.3 Å². The Kier molecular flexibility index (Phi) is 5.72. The molecule has 3 heterocycles. The molecule has 1 aromatic rings. The summed E-state index contributed by atoms with van der Waals surface area (Å²) in [5.41, 5.74) is 1.28. The normalized spacial score (nSPS) is 22.2. The van der Waals surface area contributed by atoms with E-state index in [4.69, 9.17) is 0 Å². The highest BCUT2D eigenvalue weighted by Gasteiger charge is 2.25. The van der Waals surface area contributed by atoms with Gasteiger partial charge in [-0.05, 0) is 43.9 Å². The van der Waals surface area contributed by atoms with E-state index in [0.29, 0.717) is 11.9 Å². The average molecular weight is 330 g/mol. The summed E-state index contributed by atoms with van der Waals surface area (Å²) >= 11 is 0. The van der Waals surface area contributed by atoms with E-state index in [1.807, 2.05) is 25.2 Å². The van der Waals surface area contributed by atoms with E-state index in [2.05, 4.69) is 26.9 Å². The summed E-state index contributed by atoms with van der Waals surface area (Å²) in [7, 11) is 4.03. The van der Waals surface area contributed by atoms with Crippen molar-refractivity contribution >= 4 is 11.7 Å². The average Bonchev–Trinajstić information content (AvgIpc) is 3.00. The molecule has 2 aliphatic rings. The predicted octanol–water partition coefficient (Wildman–Crippen LogP) is 2.51. The third-order valence-electron chi connectivity index (χ3n) is 5.31. The van der Waals surface area contributed by atoms with Crippen LogP contribution in [0.5, 0.6) is 0 Å². The molecule has 2 saturated heterocycles. The van der Waals surface area contributed by atoms with E-state index in [1.165, 1.54) is 24.8 Å². The maximum absolute atomic E-state index is 11.8. The molecular weight excluding hydrogens is 300 g/mol. The van der Waals surface area contributed by atoms with Crippen LogP contribution in [0.25, 0.3) is 0 Å². The van der Waals surface area contributed by atoms with Crippen LogP contribution in [0.3, 0.4) is 0 Å². The number of anilines is 1. The number of carbonyl (C=O) groups is 1. The minimum atomic E-state index is 0.348. The van der Waals surface area contributed by atoms with Gasteiger partial charge in [0.1, 0.15) is 5.82 Å². The monoisotopic (exact) mass is 330 g/mol. The molecule has 0 bridgehead atoms. The van der Waals surface area contributed by atoms with Crippen molar-refractivity contribution in [2.45, 2.75) is 51.1 Å². The smallest absolute Gasteiger partial charge is 0.222 e. The zero-order chi connectivity index (χ0) is 16.9. The first-order valence-electron chi connectivity index (χ1n) is 9.27. The quantitative estimate of drug-likeness (QED) is 0.803.